The van der Waals surface area contributed by atoms with E-state index in [2.05, 4.69) is 26.8 Å². The summed E-state index contributed by atoms with van der Waals surface area (Å²) in [4.78, 5) is 11.1. The molecule has 0 aromatic heterocycles. The smallest absolute Gasteiger partial charge is 0.333 e. The third kappa shape index (κ3) is 7.56. The SMILES string of the molecule is C=C(C)C(=O)OCC[P+](C)(C)CCCC. The van der Waals surface area contributed by atoms with Gasteiger partial charge in [-0.25, -0.2) is 4.79 Å². The average Bonchev–Trinajstić information content (AvgIpc) is 2.14. The first-order valence-electron chi connectivity index (χ1n) is 5.53. The van der Waals surface area contributed by atoms with E-state index in [4.69, 9.17) is 4.74 Å². The molecular formula is C12H24O2P+. The van der Waals surface area contributed by atoms with Gasteiger partial charge in [-0.15, -0.1) is 0 Å². The van der Waals surface area contributed by atoms with Crippen LogP contribution in [0.4, 0.5) is 0 Å². The van der Waals surface area contributed by atoms with E-state index >= 15 is 0 Å². The van der Waals surface area contributed by atoms with Gasteiger partial charge in [-0.3, -0.25) is 0 Å². The number of ether oxygens (including phenoxy) is 1. The van der Waals surface area contributed by atoms with Crippen LogP contribution in [-0.4, -0.2) is 38.2 Å². The predicted molar refractivity (Wildman–Crippen MR) is 69.2 cm³/mol. The number of unbranched alkanes of at least 4 members (excludes halogenated alkanes) is 1. The van der Waals surface area contributed by atoms with Crippen LogP contribution in [0.15, 0.2) is 12.2 Å². The van der Waals surface area contributed by atoms with Gasteiger partial charge in [-0.1, -0.05) is 19.9 Å². The number of esters is 1. The van der Waals surface area contributed by atoms with E-state index in [9.17, 15) is 4.79 Å². The molecule has 3 heteroatoms. The van der Waals surface area contributed by atoms with Crippen molar-refractivity contribution in [2.24, 2.45) is 0 Å². The summed E-state index contributed by atoms with van der Waals surface area (Å²) in [7, 11) is -0.852. The molecule has 0 amide bonds. The first kappa shape index (κ1) is 14.6. The second-order valence-electron chi connectivity index (χ2n) is 4.65. The Balaban J connectivity index is 3.74. The van der Waals surface area contributed by atoms with Gasteiger partial charge in [0.05, 0.1) is 12.3 Å². The molecule has 0 saturated heterocycles. The summed E-state index contributed by atoms with van der Waals surface area (Å²) in [5.74, 6) is -0.259. The van der Waals surface area contributed by atoms with Crippen molar-refractivity contribution in [3.05, 3.63) is 12.2 Å². The minimum atomic E-state index is -0.852. The Kier molecular flexibility index (Phi) is 6.84. The Hall–Kier alpha value is -0.360. The lowest BCUT2D eigenvalue weighted by molar-refractivity contribution is -0.138. The topological polar surface area (TPSA) is 26.3 Å². The molecule has 88 valence electrons. The van der Waals surface area contributed by atoms with Gasteiger partial charge in [0.25, 0.3) is 0 Å². The summed E-state index contributed by atoms with van der Waals surface area (Å²) in [5, 5.41) is 0. The van der Waals surface area contributed by atoms with E-state index in [1.807, 2.05) is 0 Å². The molecule has 0 spiro atoms. The third-order valence-electron chi connectivity index (χ3n) is 2.40. The maximum absolute atomic E-state index is 11.1. The van der Waals surface area contributed by atoms with Crippen molar-refractivity contribution in [3.63, 3.8) is 0 Å². The highest BCUT2D eigenvalue weighted by molar-refractivity contribution is 7.74. The maximum atomic E-state index is 11.1. The fourth-order valence-corrected chi connectivity index (χ4v) is 3.19. The van der Waals surface area contributed by atoms with Gasteiger partial charge in [0, 0.05) is 26.2 Å². The Morgan fingerprint density at radius 3 is 2.40 bits per heavy atom. The lowest BCUT2D eigenvalue weighted by Crippen LogP contribution is -2.12. The van der Waals surface area contributed by atoms with Gasteiger partial charge in [0.2, 0.25) is 0 Å². The summed E-state index contributed by atoms with van der Waals surface area (Å²) < 4.78 is 5.11. The van der Waals surface area contributed by atoms with Crippen molar-refractivity contribution in [2.45, 2.75) is 26.7 Å². The number of carbonyl (C=O) groups is 1. The highest BCUT2D eigenvalue weighted by atomic mass is 31.2. The Morgan fingerprint density at radius 2 is 1.93 bits per heavy atom. The quantitative estimate of drug-likeness (QED) is 0.382. The molecule has 2 nitrogen and oxygen atoms in total. The minimum absolute atomic E-state index is 0.259. The minimum Gasteiger partial charge on any atom is -0.458 e. The van der Waals surface area contributed by atoms with Crippen LogP contribution in [-0.2, 0) is 9.53 Å². The van der Waals surface area contributed by atoms with Crippen molar-refractivity contribution in [2.75, 3.05) is 32.3 Å². The average molecular weight is 231 g/mol. The number of rotatable bonds is 7. The summed E-state index contributed by atoms with van der Waals surface area (Å²) in [5.41, 5.74) is 0.486. The standard InChI is InChI=1S/C12H24O2P/c1-6-7-9-15(4,5)10-8-14-12(13)11(2)3/h2,6-10H2,1,3-5H3/q+1. The molecule has 0 fully saturated rings. The van der Waals surface area contributed by atoms with E-state index < -0.39 is 7.26 Å². The Bertz CT molecular complexity index is 222. The molecule has 0 bridgehead atoms. The zero-order valence-corrected chi connectivity index (χ0v) is 11.4. The van der Waals surface area contributed by atoms with Gasteiger partial charge in [0.1, 0.15) is 6.61 Å². The van der Waals surface area contributed by atoms with Crippen LogP contribution in [0.25, 0.3) is 0 Å². The van der Waals surface area contributed by atoms with Crippen LogP contribution in [0.5, 0.6) is 0 Å². The molecular weight excluding hydrogens is 207 g/mol. The molecule has 0 aromatic rings. The fraction of sp³-hybridized carbons (Fsp3) is 0.750. The van der Waals surface area contributed by atoms with Crippen LogP contribution in [0, 0.1) is 0 Å². The zero-order chi connectivity index (χ0) is 11.9. The van der Waals surface area contributed by atoms with Gasteiger partial charge < -0.3 is 4.74 Å². The molecule has 0 rings (SSSR count). The first-order valence-corrected chi connectivity index (χ1v) is 8.59. The summed E-state index contributed by atoms with van der Waals surface area (Å²) in [6.45, 7) is 12.7. The summed E-state index contributed by atoms with van der Waals surface area (Å²) >= 11 is 0. The highest BCUT2D eigenvalue weighted by Gasteiger charge is 2.24. The van der Waals surface area contributed by atoms with Crippen LogP contribution < -0.4 is 0 Å². The Morgan fingerprint density at radius 1 is 1.33 bits per heavy atom. The second kappa shape index (κ2) is 7.00. The predicted octanol–water partition coefficient (Wildman–Crippen LogP) is 3.18. The lowest BCUT2D eigenvalue weighted by atomic mass is 10.4. The van der Waals surface area contributed by atoms with Gasteiger partial charge in [0.15, 0.2) is 0 Å². The van der Waals surface area contributed by atoms with Gasteiger partial charge in [-0.05, 0) is 13.3 Å². The van der Waals surface area contributed by atoms with E-state index in [1.165, 1.54) is 19.0 Å². The van der Waals surface area contributed by atoms with Crippen LogP contribution in [0.1, 0.15) is 26.7 Å². The molecule has 0 aliphatic heterocycles. The molecule has 0 atom stereocenters. The molecule has 15 heavy (non-hydrogen) atoms. The molecule has 0 saturated carbocycles. The zero-order valence-electron chi connectivity index (χ0n) is 10.5. The second-order valence-corrected chi connectivity index (χ2v) is 9.42. The molecule has 0 aliphatic carbocycles. The molecule has 0 aromatic carbocycles. The number of hydrogen-bond acceptors (Lipinski definition) is 2. The van der Waals surface area contributed by atoms with Crippen molar-refractivity contribution >= 4 is 13.2 Å². The normalized spacial score (nSPS) is 11.2. The van der Waals surface area contributed by atoms with Crippen molar-refractivity contribution in [1.82, 2.24) is 0 Å². The third-order valence-corrected chi connectivity index (χ3v) is 5.32. The van der Waals surface area contributed by atoms with Crippen molar-refractivity contribution in [1.29, 1.82) is 0 Å². The molecule has 0 heterocycles. The number of carbonyl (C=O) groups excluding carboxylic acids is 1. The lowest BCUT2D eigenvalue weighted by Gasteiger charge is -2.17. The van der Waals surface area contributed by atoms with Crippen molar-refractivity contribution in [3.8, 4) is 0 Å². The number of hydrogen-bond donors (Lipinski definition) is 0. The van der Waals surface area contributed by atoms with E-state index in [1.54, 1.807) is 6.92 Å². The van der Waals surface area contributed by atoms with Crippen LogP contribution >= 0.6 is 7.26 Å². The van der Waals surface area contributed by atoms with E-state index in [0.717, 1.165) is 6.16 Å². The summed E-state index contributed by atoms with van der Waals surface area (Å²) in [6, 6.07) is 0. The Labute approximate surface area is 94.4 Å². The van der Waals surface area contributed by atoms with Crippen LogP contribution in [0.3, 0.4) is 0 Å². The molecule has 0 unspecified atom stereocenters. The molecule has 0 aliphatic rings. The van der Waals surface area contributed by atoms with Gasteiger partial charge in [-0.2, -0.15) is 0 Å². The van der Waals surface area contributed by atoms with Crippen molar-refractivity contribution < 1.29 is 9.53 Å². The first-order chi connectivity index (χ1) is 6.89. The summed E-state index contributed by atoms with van der Waals surface area (Å²) in [6.07, 6.45) is 4.87. The van der Waals surface area contributed by atoms with Gasteiger partial charge >= 0.3 is 5.97 Å². The molecule has 0 radical (unpaired) electrons. The van der Waals surface area contributed by atoms with Crippen LogP contribution in [0.2, 0.25) is 0 Å². The molecule has 0 N–H and O–H groups in total. The monoisotopic (exact) mass is 231 g/mol. The fourth-order valence-electron chi connectivity index (χ4n) is 1.21. The maximum Gasteiger partial charge on any atom is 0.333 e. The van der Waals surface area contributed by atoms with E-state index in [-0.39, 0.29) is 5.97 Å². The highest BCUT2D eigenvalue weighted by Crippen LogP contribution is 2.51. The van der Waals surface area contributed by atoms with E-state index in [0.29, 0.717) is 12.2 Å². The largest absolute Gasteiger partial charge is 0.458 e.